The fourth-order valence-electron chi connectivity index (χ4n) is 2.85. The Morgan fingerprint density at radius 2 is 1.82 bits per heavy atom. The maximum Gasteiger partial charge on any atom is 0.234 e. The van der Waals surface area contributed by atoms with Gasteiger partial charge >= 0.3 is 0 Å². The van der Waals surface area contributed by atoms with Crippen LogP contribution in [-0.4, -0.2) is 26.3 Å². The van der Waals surface area contributed by atoms with Gasteiger partial charge in [0.15, 0.2) is 5.65 Å². The number of carbonyl (C=O) groups is 1. The largest absolute Gasteiger partial charge is 0.325 e. The van der Waals surface area contributed by atoms with Crippen LogP contribution in [0.5, 0.6) is 0 Å². The van der Waals surface area contributed by atoms with Crippen LogP contribution in [-0.2, 0) is 11.2 Å². The number of rotatable bonds is 6. The van der Waals surface area contributed by atoms with Crippen molar-refractivity contribution < 1.29 is 4.79 Å². The van der Waals surface area contributed by atoms with Crippen molar-refractivity contribution in [1.29, 1.82) is 0 Å². The lowest BCUT2D eigenvalue weighted by Gasteiger charge is -2.06. The van der Waals surface area contributed by atoms with Crippen molar-refractivity contribution in [2.24, 2.45) is 0 Å². The minimum absolute atomic E-state index is 0.0493. The molecule has 4 aromatic rings. The van der Waals surface area contributed by atoms with E-state index in [1.165, 1.54) is 17.3 Å². The molecule has 1 amide bonds. The molecule has 0 unspecified atom stereocenters. The first-order chi connectivity index (χ1) is 13.7. The molecule has 0 saturated carbocycles. The lowest BCUT2D eigenvalue weighted by Crippen LogP contribution is -2.14. The number of aromatic nitrogens is 3. The highest BCUT2D eigenvalue weighted by Gasteiger charge is 2.08. The summed E-state index contributed by atoms with van der Waals surface area (Å²) < 4.78 is 1.76. The Labute approximate surface area is 167 Å². The lowest BCUT2D eigenvalue weighted by molar-refractivity contribution is -0.113. The van der Waals surface area contributed by atoms with Crippen molar-refractivity contribution in [1.82, 2.24) is 14.6 Å². The lowest BCUT2D eigenvalue weighted by atomic mass is 10.1. The molecule has 140 valence electrons. The zero-order chi connectivity index (χ0) is 19.3. The van der Waals surface area contributed by atoms with E-state index >= 15 is 0 Å². The molecule has 0 bridgehead atoms. The van der Waals surface area contributed by atoms with E-state index in [2.05, 4.69) is 22.3 Å². The number of nitrogens with one attached hydrogen (secondary N) is 1. The number of carbonyl (C=O) groups excluding carboxylic acids is 1. The molecule has 2 aromatic heterocycles. The summed E-state index contributed by atoms with van der Waals surface area (Å²) in [5.41, 5.74) is 4.77. The van der Waals surface area contributed by atoms with E-state index in [1.54, 1.807) is 4.52 Å². The summed E-state index contributed by atoms with van der Waals surface area (Å²) in [6.45, 7) is 2.11. The Bertz CT molecular complexity index is 1090. The summed E-state index contributed by atoms with van der Waals surface area (Å²) in [6.07, 6.45) is 2.89. The van der Waals surface area contributed by atoms with Gasteiger partial charge in [-0.1, -0.05) is 61.2 Å². The monoisotopic (exact) mass is 388 g/mol. The van der Waals surface area contributed by atoms with E-state index in [4.69, 9.17) is 0 Å². The summed E-state index contributed by atoms with van der Waals surface area (Å²) in [5.74, 6) is 0.251. The van der Waals surface area contributed by atoms with Gasteiger partial charge in [-0.05, 0) is 36.2 Å². The van der Waals surface area contributed by atoms with Crippen LogP contribution >= 0.6 is 11.8 Å². The number of thioether (sulfide) groups is 1. The second-order valence-corrected chi connectivity index (χ2v) is 7.35. The van der Waals surface area contributed by atoms with Crippen LogP contribution in [0.25, 0.3) is 16.9 Å². The zero-order valence-corrected chi connectivity index (χ0v) is 16.3. The number of hydrogen-bond donors (Lipinski definition) is 1. The molecule has 0 spiro atoms. The van der Waals surface area contributed by atoms with E-state index in [-0.39, 0.29) is 5.91 Å². The van der Waals surface area contributed by atoms with E-state index < -0.39 is 0 Å². The Kier molecular flexibility index (Phi) is 5.39. The first kappa shape index (κ1) is 18.3. The third-order valence-electron chi connectivity index (χ3n) is 4.36. The molecule has 0 saturated heterocycles. The smallest absolute Gasteiger partial charge is 0.234 e. The van der Waals surface area contributed by atoms with Gasteiger partial charge < -0.3 is 5.32 Å². The highest BCUT2D eigenvalue weighted by Crippen LogP contribution is 2.21. The number of anilines is 1. The fourth-order valence-corrected chi connectivity index (χ4v) is 3.51. The number of fused-ring (bicyclic) bond motifs is 1. The van der Waals surface area contributed by atoms with E-state index in [9.17, 15) is 4.79 Å². The third kappa shape index (κ3) is 4.23. The summed E-state index contributed by atoms with van der Waals surface area (Å²) in [7, 11) is 0. The minimum Gasteiger partial charge on any atom is -0.325 e. The molecule has 2 aromatic carbocycles. The van der Waals surface area contributed by atoms with Crippen molar-refractivity contribution in [2.75, 3.05) is 11.1 Å². The Balaban J connectivity index is 1.40. The quantitative estimate of drug-likeness (QED) is 0.487. The Morgan fingerprint density at radius 1 is 1.04 bits per heavy atom. The molecule has 0 radical (unpaired) electrons. The third-order valence-corrected chi connectivity index (χ3v) is 5.28. The van der Waals surface area contributed by atoms with Crippen molar-refractivity contribution in [2.45, 2.75) is 18.4 Å². The molecular weight excluding hydrogens is 368 g/mol. The summed E-state index contributed by atoms with van der Waals surface area (Å²) in [6, 6.07) is 21.7. The van der Waals surface area contributed by atoms with Crippen molar-refractivity contribution >= 4 is 29.0 Å². The van der Waals surface area contributed by atoms with Gasteiger partial charge in [0.05, 0.1) is 17.6 Å². The summed E-state index contributed by atoms with van der Waals surface area (Å²) >= 11 is 1.40. The topological polar surface area (TPSA) is 59.3 Å². The average Bonchev–Trinajstić information content (AvgIpc) is 3.17. The predicted octanol–water partition coefficient (Wildman–Crippen LogP) is 4.69. The molecule has 1 N–H and O–H groups in total. The van der Waals surface area contributed by atoms with Gasteiger partial charge in [-0.3, -0.25) is 4.79 Å². The highest BCUT2D eigenvalue weighted by molar-refractivity contribution is 7.99. The molecule has 0 atom stereocenters. The molecule has 0 fully saturated rings. The molecule has 0 aliphatic heterocycles. The maximum atomic E-state index is 12.2. The fraction of sp³-hybridized carbons (Fsp3) is 0.136. The summed E-state index contributed by atoms with van der Waals surface area (Å²) in [4.78, 5) is 16.8. The zero-order valence-electron chi connectivity index (χ0n) is 15.5. The normalized spacial score (nSPS) is 10.9. The SMILES string of the molecule is CCc1ccc(NC(=O)CSc2ccc3nc(-c4ccccc4)cn3n2)cc1. The van der Waals surface area contributed by atoms with E-state index in [0.717, 1.165) is 34.0 Å². The second-order valence-electron chi connectivity index (χ2n) is 6.35. The van der Waals surface area contributed by atoms with Gasteiger partial charge in [0.2, 0.25) is 5.91 Å². The van der Waals surface area contributed by atoms with Crippen LogP contribution in [0.2, 0.25) is 0 Å². The number of benzene rings is 2. The van der Waals surface area contributed by atoms with Crippen LogP contribution in [0.1, 0.15) is 12.5 Å². The number of hydrogen-bond acceptors (Lipinski definition) is 4. The predicted molar refractivity (Wildman–Crippen MR) is 114 cm³/mol. The molecule has 2 heterocycles. The van der Waals surface area contributed by atoms with E-state index in [1.807, 2.05) is 72.9 Å². The first-order valence-corrected chi connectivity index (χ1v) is 10.1. The van der Waals surface area contributed by atoms with Crippen LogP contribution < -0.4 is 5.32 Å². The second kappa shape index (κ2) is 8.27. The van der Waals surface area contributed by atoms with Gasteiger partial charge in [-0.15, -0.1) is 0 Å². The maximum absolute atomic E-state index is 12.2. The average molecular weight is 388 g/mol. The number of amides is 1. The van der Waals surface area contributed by atoms with Crippen LogP contribution in [0, 0.1) is 0 Å². The van der Waals surface area contributed by atoms with Gasteiger partial charge in [0.1, 0.15) is 5.03 Å². The molecule has 5 nitrogen and oxygen atoms in total. The molecule has 0 aliphatic rings. The van der Waals surface area contributed by atoms with Gasteiger partial charge in [0.25, 0.3) is 0 Å². The highest BCUT2D eigenvalue weighted by atomic mass is 32.2. The Morgan fingerprint density at radius 3 is 2.57 bits per heavy atom. The van der Waals surface area contributed by atoms with Gasteiger partial charge in [-0.2, -0.15) is 5.10 Å². The van der Waals surface area contributed by atoms with Crippen molar-refractivity contribution in [3.63, 3.8) is 0 Å². The number of imidazole rings is 1. The Hall–Kier alpha value is -3.12. The molecule has 0 aliphatic carbocycles. The summed E-state index contributed by atoms with van der Waals surface area (Å²) in [5, 5.41) is 8.26. The van der Waals surface area contributed by atoms with Gasteiger partial charge in [0, 0.05) is 11.3 Å². The van der Waals surface area contributed by atoms with Crippen LogP contribution in [0.4, 0.5) is 5.69 Å². The van der Waals surface area contributed by atoms with Crippen LogP contribution in [0.3, 0.4) is 0 Å². The molecular formula is C22H20N4OS. The molecule has 6 heteroatoms. The van der Waals surface area contributed by atoms with Crippen molar-refractivity contribution in [3.05, 3.63) is 78.5 Å². The van der Waals surface area contributed by atoms with E-state index in [0.29, 0.717) is 5.75 Å². The van der Waals surface area contributed by atoms with Gasteiger partial charge in [-0.25, -0.2) is 9.50 Å². The molecule has 28 heavy (non-hydrogen) atoms. The number of nitrogens with zero attached hydrogens (tertiary/aromatic N) is 3. The minimum atomic E-state index is -0.0493. The van der Waals surface area contributed by atoms with Crippen LogP contribution in [0.15, 0.2) is 78.0 Å². The number of aryl methyl sites for hydroxylation is 1. The van der Waals surface area contributed by atoms with Crippen molar-refractivity contribution in [3.8, 4) is 11.3 Å². The molecule has 4 rings (SSSR count). The standard InChI is InChI=1S/C22H20N4OS/c1-2-16-8-10-18(11-9-16)23-21(27)15-28-22-13-12-20-24-19(14-26(20)25-22)17-6-4-3-5-7-17/h3-14H,2,15H2,1H3,(H,23,27). The first-order valence-electron chi connectivity index (χ1n) is 9.15.